The van der Waals surface area contributed by atoms with Crippen LogP contribution in [0.1, 0.15) is 11.1 Å². The number of alkyl halides is 12. The van der Waals surface area contributed by atoms with Gasteiger partial charge in [-0.25, -0.2) is 85.3 Å². The Morgan fingerprint density at radius 3 is 1.01 bits per heavy atom. The monoisotopic (exact) mass is 1780 g/mol. The highest BCUT2D eigenvalue weighted by molar-refractivity contribution is 7.94. The third-order valence-electron chi connectivity index (χ3n) is 14.1. The number of nitrogens with two attached hydrogens (primary N) is 6. The molecule has 114 heavy (non-hydrogen) atoms. The van der Waals surface area contributed by atoms with Crippen LogP contribution in [0.25, 0.3) is 10.9 Å². The van der Waals surface area contributed by atoms with Gasteiger partial charge in [0.25, 0.3) is 59.0 Å². The lowest BCUT2D eigenvalue weighted by Gasteiger charge is -2.17. The second-order valence-electron chi connectivity index (χ2n) is 22.1. The number of hydrogen-bond acceptors (Lipinski definition) is 22. The molecule has 0 saturated carbocycles. The van der Waals surface area contributed by atoms with Gasteiger partial charge in [-0.05, 0) is 129 Å². The molecule has 0 atom stereocenters. The normalized spacial score (nSPS) is 13.8. The van der Waals surface area contributed by atoms with Crippen molar-refractivity contribution >= 4 is 85.5 Å². The van der Waals surface area contributed by atoms with Crippen LogP contribution in [0.5, 0.6) is 0 Å². The van der Waals surface area contributed by atoms with E-state index >= 15 is 0 Å². The number of nitrogens with one attached hydrogen (secondary N) is 1. The summed E-state index contributed by atoms with van der Waals surface area (Å²) in [6.07, 6.45) is 3.97. The van der Waals surface area contributed by atoms with Crippen molar-refractivity contribution < 1.29 is 138 Å². The van der Waals surface area contributed by atoms with E-state index in [9.17, 15) is 138 Å². The number of pyridine rings is 1. The van der Waals surface area contributed by atoms with E-state index in [1.165, 1.54) is 111 Å². The Kier molecular flexibility index (Phi) is 36.5. The van der Waals surface area contributed by atoms with E-state index in [1.807, 2.05) is 0 Å². The molecule has 0 fully saturated rings. The third kappa shape index (κ3) is 23.5. The van der Waals surface area contributed by atoms with E-state index in [-0.39, 0.29) is 22.8 Å². The number of nitrogens with zero attached hydrogens (tertiary/aromatic N) is 1. The summed E-state index contributed by atoms with van der Waals surface area (Å²) < 4.78 is 406. The molecule has 0 aliphatic carbocycles. The van der Waals surface area contributed by atoms with Crippen LogP contribution in [0.4, 0.5) is 84.7 Å². The molecule has 13 N–H and O–H groups in total. The number of halogens is 18. The number of anilines is 1. The topological polar surface area (TPSA) is 420 Å². The summed E-state index contributed by atoms with van der Waals surface area (Å²) in [5, 5.41) is -25.2. The van der Waals surface area contributed by atoms with Crippen LogP contribution in [0.15, 0.2) is 270 Å². The number of sulfone groups is 7. The molecule has 0 bridgehead atoms. The summed E-state index contributed by atoms with van der Waals surface area (Å²) in [5.41, 5.74) is 30.0. The summed E-state index contributed by atoms with van der Waals surface area (Å²) in [6.45, 7) is -0.173. The van der Waals surface area contributed by atoms with Crippen molar-refractivity contribution in [3.05, 3.63) is 246 Å². The Balaban J connectivity index is 0.000000465. The molecule has 0 unspecified atom stereocenters. The predicted molar refractivity (Wildman–Crippen MR) is 388 cm³/mol. The SMILES string of the molecule is CNc1ccccc1S(=O)(=O)C(F)(F)/C(F)=C/CN.CS(=O)(=O)c1cccc(S(=O)(=O)C(F)(F)/C(F)=C/CN)c1.Cc1ccc(S(=O)(=O)C(F)(F)/C(F)=C/CN)cc1.Cc1ccccc1S(=O)(=O)C(F)(F)/C(F)=C/CN.NC/C=C(\F)C(F)(F)S(=O)(=O)c1cccc2cccnc12.NC/C=C(\F)C(F)(F)S(=O)(=O)c1ccccc1. The highest BCUT2D eigenvalue weighted by atomic mass is 32.2. The van der Waals surface area contributed by atoms with Crippen molar-refractivity contribution in [2.45, 2.75) is 79.6 Å². The molecule has 7 aromatic rings. The maximum atomic E-state index is 13.9. The molecule has 1 aromatic heterocycles. The van der Waals surface area contributed by atoms with Crippen LogP contribution in [-0.4, -0.2) is 148 Å². The predicted octanol–water partition coefficient (Wildman–Crippen LogP) is 11.8. The molecule has 630 valence electrons. The molecule has 0 aliphatic rings. The molecule has 0 amide bonds. The Labute approximate surface area is 643 Å². The van der Waals surface area contributed by atoms with Crippen LogP contribution in [-0.2, 0) is 68.9 Å². The van der Waals surface area contributed by atoms with E-state index < -0.39 is 209 Å². The Morgan fingerprint density at radius 1 is 0.342 bits per heavy atom. The Hall–Kier alpha value is -8.88. The average molecular weight is 1780 g/mol. The molecule has 7 rings (SSSR count). The Bertz CT molecular complexity index is 5540. The summed E-state index contributed by atoms with van der Waals surface area (Å²) in [7, 11) is -33.7. The number of para-hydroxylation sites is 2. The minimum Gasteiger partial charge on any atom is -0.387 e. The van der Waals surface area contributed by atoms with E-state index in [0.717, 1.165) is 66.9 Å². The van der Waals surface area contributed by atoms with E-state index in [2.05, 4.69) is 10.3 Å². The van der Waals surface area contributed by atoms with Crippen molar-refractivity contribution in [2.75, 3.05) is 57.9 Å². The van der Waals surface area contributed by atoms with Gasteiger partial charge in [0.1, 0.15) is 0 Å². The van der Waals surface area contributed by atoms with Crippen molar-refractivity contribution in [1.82, 2.24) is 4.98 Å². The summed E-state index contributed by atoms with van der Waals surface area (Å²) >= 11 is 0. The van der Waals surface area contributed by atoms with Crippen LogP contribution >= 0.6 is 0 Å². The average Bonchev–Trinajstić information content (AvgIpc) is 0.766. The first-order valence-electron chi connectivity index (χ1n) is 31.1. The van der Waals surface area contributed by atoms with E-state index in [4.69, 9.17) is 34.4 Å². The fraction of sp³-hybridized carbons (Fsp3) is 0.239. The fourth-order valence-electron chi connectivity index (χ4n) is 8.21. The number of rotatable bonds is 26. The minimum absolute atomic E-state index is 0.0391. The van der Waals surface area contributed by atoms with Crippen LogP contribution in [0.2, 0.25) is 0 Å². The zero-order valence-electron chi connectivity index (χ0n) is 59.1. The first-order valence-corrected chi connectivity index (χ1v) is 41.9. The van der Waals surface area contributed by atoms with Crippen LogP contribution in [0.3, 0.4) is 0 Å². The number of benzene rings is 6. The van der Waals surface area contributed by atoms with Crippen molar-refractivity contribution in [1.29, 1.82) is 0 Å². The Morgan fingerprint density at radius 2 is 0.632 bits per heavy atom. The maximum Gasteiger partial charge on any atom is 0.400 e. The number of hydrogen-bond donors (Lipinski definition) is 7. The molecule has 22 nitrogen and oxygen atoms in total. The first-order chi connectivity index (χ1) is 52.4. The van der Waals surface area contributed by atoms with Gasteiger partial charge in [-0.2, -0.15) is 52.7 Å². The van der Waals surface area contributed by atoms with Crippen molar-refractivity contribution in [2.24, 2.45) is 34.4 Å². The van der Waals surface area contributed by atoms with Crippen molar-refractivity contribution in [3.8, 4) is 0 Å². The maximum absolute atomic E-state index is 13.9. The van der Waals surface area contributed by atoms with Crippen LogP contribution in [0, 0.1) is 13.8 Å². The van der Waals surface area contributed by atoms with Crippen molar-refractivity contribution in [3.63, 3.8) is 0 Å². The number of fused-ring (bicyclic) bond motifs is 1. The quantitative estimate of drug-likeness (QED) is 0.0248. The lowest BCUT2D eigenvalue weighted by atomic mass is 10.2. The van der Waals surface area contributed by atoms with E-state index in [1.54, 1.807) is 6.92 Å². The molecule has 0 spiro atoms. The molecule has 47 heteroatoms. The second-order valence-corrected chi connectivity index (χ2v) is 35.9. The van der Waals surface area contributed by atoms with Gasteiger partial charge < -0.3 is 39.7 Å². The van der Waals surface area contributed by atoms with Gasteiger partial charge in [0, 0.05) is 64.2 Å². The summed E-state index contributed by atoms with van der Waals surface area (Å²) in [4.78, 5) is -0.984. The molecular weight excluding hydrogens is 1710 g/mol. The summed E-state index contributed by atoms with van der Waals surface area (Å²) in [6, 6.07) is 31.0. The van der Waals surface area contributed by atoms with E-state index in [0.29, 0.717) is 47.4 Å². The standard InChI is InChI=1S/C13H11F3N2O2S.C11H13F3N2O2S.C11H12F3NO4S2.2C11H12F3NO2S.C10H10F3NO2S/c14-11(6-7-17)13(15,16)21(19,20)10-5-1-3-9-4-2-8-18-12(9)10;1-16-8-4-2-3-5-9(8)19(17,18)11(13,14)10(12)6-7-15;1-20(16,17)8-3-2-4-9(7-8)21(18,19)11(13,14)10(12)5-6-15;1-8-2-4-9(5-3-8)18(16,17)11(13,14)10(12)6-7-15;1-8-4-2-3-5-9(8)18(16,17)11(13,14)10(12)6-7-15;11-9(6-7-14)10(12,13)17(15,16)8-4-2-1-3-5-8/h1-6,8H,7,17H2;2-6,16H,7,15H2,1H3;2-5,7H,6,15H2,1H3;2*2-6H,7,15H2,1H3;1-6H,7,14H2/b11-6-;10-6-;10-5-;2*10-6-;9-6-. The molecule has 6 aromatic carbocycles. The van der Waals surface area contributed by atoms with Gasteiger partial charge in [0.2, 0.25) is 0 Å². The lowest BCUT2D eigenvalue weighted by molar-refractivity contribution is 0.105. The molecule has 0 radical (unpaired) electrons. The summed E-state index contributed by atoms with van der Waals surface area (Å²) in [5.74, 6) is -12.6. The molecule has 1 heterocycles. The van der Waals surface area contributed by atoms with Crippen LogP contribution < -0.4 is 39.7 Å². The largest absolute Gasteiger partial charge is 0.400 e. The highest BCUT2D eigenvalue weighted by Crippen LogP contribution is 2.43. The molecule has 0 aliphatic heterocycles. The smallest absolute Gasteiger partial charge is 0.387 e. The first kappa shape index (κ1) is 101. The lowest BCUT2D eigenvalue weighted by Crippen LogP contribution is -2.30. The zero-order chi connectivity index (χ0) is 87.9. The minimum atomic E-state index is -5.44. The van der Waals surface area contributed by atoms with Gasteiger partial charge in [-0.15, -0.1) is 0 Å². The number of aromatic nitrogens is 1. The van der Waals surface area contributed by atoms with Gasteiger partial charge >= 0.3 is 31.5 Å². The van der Waals surface area contributed by atoms with Gasteiger partial charge in [0.05, 0.1) is 45.5 Å². The van der Waals surface area contributed by atoms with Gasteiger partial charge in [0.15, 0.2) is 44.8 Å². The second kappa shape index (κ2) is 41.1. The van der Waals surface area contributed by atoms with Gasteiger partial charge in [-0.1, -0.05) is 90.5 Å². The zero-order valence-corrected chi connectivity index (χ0v) is 64.8. The number of aryl methyl sites for hydroxylation is 2. The fourth-order valence-corrected chi connectivity index (χ4v) is 16.4. The molecular formula is C67H70F18N8O14S7. The molecule has 0 saturated heterocycles. The van der Waals surface area contributed by atoms with Gasteiger partial charge in [-0.3, -0.25) is 4.98 Å². The highest BCUT2D eigenvalue weighted by Gasteiger charge is 2.56. The third-order valence-corrected chi connectivity index (χ3v) is 26.0.